The van der Waals surface area contributed by atoms with Crippen LogP contribution in [0.5, 0.6) is 0 Å². The van der Waals surface area contributed by atoms with Crippen LogP contribution in [-0.2, 0) is 0 Å². The van der Waals surface area contributed by atoms with Gasteiger partial charge in [-0.2, -0.15) is 0 Å². The molecule has 0 aromatic carbocycles. The molecule has 0 radical (unpaired) electrons. The third-order valence-electron chi connectivity index (χ3n) is 3.90. The van der Waals surface area contributed by atoms with Gasteiger partial charge in [-0.3, -0.25) is 0 Å². The Hall–Kier alpha value is 0.250. The Morgan fingerprint density at radius 2 is 1.91 bits per heavy atom. The quantitative estimate of drug-likeness (QED) is 0.558. The van der Waals surface area contributed by atoms with Gasteiger partial charge in [0.1, 0.15) is 0 Å². The number of aliphatic hydroxyl groups is 1. The fraction of sp³-hybridized carbons (Fsp3) is 1.00. The average molecular weight is 175 g/mol. The van der Waals surface area contributed by atoms with Gasteiger partial charge in [0.15, 0.2) is 0 Å². The highest BCUT2D eigenvalue weighted by Gasteiger charge is 2.77. The van der Waals surface area contributed by atoms with Crippen molar-refractivity contribution in [2.45, 2.75) is 44.6 Å². The van der Waals surface area contributed by atoms with Gasteiger partial charge in [0, 0.05) is 5.41 Å². The second kappa shape index (κ2) is 1.62. The van der Waals surface area contributed by atoms with E-state index in [9.17, 15) is 5.11 Å². The zero-order chi connectivity index (χ0) is 8.49. The molecule has 2 rings (SSSR count). The number of hydrogen-bond donors (Lipinski definition) is 1. The molecule has 3 atom stereocenters. The number of fused-ring (bicyclic) bond motifs is 1. The van der Waals surface area contributed by atoms with Gasteiger partial charge < -0.3 is 5.11 Å². The molecule has 0 bridgehead atoms. The highest BCUT2D eigenvalue weighted by molar-refractivity contribution is 6.27. The molecule has 11 heavy (non-hydrogen) atoms. The van der Waals surface area contributed by atoms with E-state index in [4.69, 9.17) is 11.6 Å². The number of aliphatic hydroxyl groups excluding tert-OH is 1. The third-order valence-corrected chi connectivity index (χ3v) is 4.98. The summed E-state index contributed by atoms with van der Waals surface area (Å²) in [6.07, 6.45) is 1.65. The molecule has 0 amide bonds. The van der Waals surface area contributed by atoms with Gasteiger partial charge in [0.05, 0.1) is 11.0 Å². The van der Waals surface area contributed by atoms with E-state index in [1.165, 1.54) is 0 Å². The van der Waals surface area contributed by atoms with Crippen molar-refractivity contribution in [2.24, 2.45) is 10.8 Å². The second-order valence-electron chi connectivity index (χ2n) is 5.00. The van der Waals surface area contributed by atoms with Crippen LogP contribution in [0.4, 0.5) is 0 Å². The van der Waals surface area contributed by atoms with Crippen molar-refractivity contribution in [2.75, 3.05) is 0 Å². The number of rotatable bonds is 0. The van der Waals surface area contributed by atoms with Crippen molar-refractivity contribution >= 4 is 11.6 Å². The van der Waals surface area contributed by atoms with E-state index < -0.39 is 0 Å². The Morgan fingerprint density at radius 3 is 2.00 bits per heavy atom. The van der Waals surface area contributed by atoms with Crippen molar-refractivity contribution < 1.29 is 5.11 Å². The molecule has 1 N–H and O–H groups in total. The second-order valence-corrected chi connectivity index (χ2v) is 5.64. The zero-order valence-electron chi connectivity index (χ0n) is 7.32. The first-order chi connectivity index (χ1) is 4.83. The normalized spacial score (nSPS) is 59.2. The fourth-order valence-electron chi connectivity index (χ4n) is 2.73. The van der Waals surface area contributed by atoms with E-state index in [0.717, 1.165) is 12.8 Å². The van der Waals surface area contributed by atoms with Gasteiger partial charge in [-0.05, 0) is 18.3 Å². The lowest BCUT2D eigenvalue weighted by Gasteiger charge is -2.25. The molecule has 0 heterocycles. The first-order valence-corrected chi connectivity index (χ1v) is 4.58. The molecule has 2 heteroatoms. The molecule has 0 spiro atoms. The van der Waals surface area contributed by atoms with Crippen LogP contribution in [0.15, 0.2) is 0 Å². The highest BCUT2D eigenvalue weighted by Crippen LogP contribution is 2.76. The number of hydrogen-bond acceptors (Lipinski definition) is 1. The Kier molecular flexibility index (Phi) is 1.16. The van der Waals surface area contributed by atoms with E-state index in [-0.39, 0.29) is 21.8 Å². The Balaban J connectivity index is 2.38. The predicted molar refractivity (Wildman–Crippen MR) is 45.7 cm³/mol. The molecule has 0 aliphatic heterocycles. The predicted octanol–water partition coefficient (Wildman–Crippen LogP) is 2.16. The first kappa shape index (κ1) is 7.88. The minimum Gasteiger partial charge on any atom is -0.392 e. The van der Waals surface area contributed by atoms with Crippen molar-refractivity contribution in [3.63, 3.8) is 0 Å². The largest absolute Gasteiger partial charge is 0.392 e. The van der Waals surface area contributed by atoms with E-state index in [2.05, 4.69) is 20.8 Å². The van der Waals surface area contributed by atoms with Gasteiger partial charge in [0.25, 0.3) is 0 Å². The molecule has 2 saturated carbocycles. The van der Waals surface area contributed by atoms with Crippen LogP contribution >= 0.6 is 11.6 Å². The Labute approximate surface area is 72.7 Å². The fourth-order valence-corrected chi connectivity index (χ4v) is 3.21. The summed E-state index contributed by atoms with van der Waals surface area (Å²) >= 11 is 6.41. The summed E-state index contributed by atoms with van der Waals surface area (Å²) in [5.74, 6) is 0. The summed E-state index contributed by atoms with van der Waals surface area (Å²) in [6, 6.07) is 0. The molecule has 1 nitrogen and oxygen atoms in total. The Bertz CT molecular complexity index is 207. The SMILES string of the molecule is CC1(C)C[C@@H](O)[C@]2(C)C[C@]12Cl. The van der Waals surface area contributed by atoms with Crippen LogP contribution in [0.25, 0.3) is 0 Å². The summed E-state index contributed by atoms with van der Waals surface area (Å²) in [5, 5.41) is 9.72. The van der Waals surface area contributed by atoms with E-state index in [1.54, 1.807) is 0 Å². The van der Waals surface area contributed by atoms with Crippen molar-refractivity contribution in [3.8, 4) is 0 Å². The van der Waals surface area contributed by atoms with Crippen LogP contribution in [-0.4, -0.2) is 16.1 Å². The maximum atomic E-state index is 9.72. The summed E-state index contributed by atoms with van der Waals surface area (Å²) in [4.78, 5) is -0.112. The Morgan fingerprint density at radius 1 is 1.36 bits per heavy atom. The smallest absolute Gasteiger partial charge is 0.0617 e. The first-order valence-electron chi connectivity index (χ1n) is 4.20. The monoisotopic (exact) mass is 174 g/mol. The lowest BCUT2D eigenvalue weighted by molar-refractivity contribution is 0.103. The van der Waals surface area contributed by atoms with Crippen LogP contribution in [0, 0.1) is 10.8 Å². The van der Waals surface area contributed by atoms with Crippen molar-refractivity contribution in [3.05, 3.63) is 0 Å². The van der Waals surface area contributed by atoms with Gasteiger partial charge in [-0.25, -0.2) is 0 Å². The standard InChI is InChI=1S/C9H15ClO/c1-7(2)4-6(11)8(3)5-9(7,8)10/h6,11H,4-5H2,1-3H3/t6-,8+,9+/m1/s1. The van der Waals surface area contributed by atoms with Gasteiger partial charge in [-0.1, -0.05) is 20.8 Å². The van der Waals surface area contributed by atoms with Gasteiger partial charge in [0.2, 0.25) is 0 Å². The molecule has 2 aliphatic carbocycles. The molecule has 0 aromatic heterocycles. The van der Waals surface area contributed by atoms with E-state index >= 15 is 0 Å². The minimum absolute atomic E-state index is 0.0120. The molecular formula is C9H15ClO. The molecule has 0 saturated heterocycles. The number of halogens is 1. The zero-order valence-corrected chi connectivity index (χ0v) is 8.07. The molecule has 2 fully saturated rings. The molecule has 0 unspecified atom stereocenters. The van der Waals surface area contributed by atoms with Crippen LogP contribution < -0.4 is 0 Å². The van der Waals surface area contributed by atoms with Crippen molar-refractivity contribution in [1.29, 1.82) is 0 Å². The summed E-state index contributed by atoms with van der Waals surface area (Å²) in [5.41, 5.74) is 0.126. The lowest BCUT2D eigenvalue weighted by atomic mass is 9.86. The van der Waals surface area contributed by atoms with E-state index in [0.29, 0.717) is 0 Å². The molecule has 0 aromatic rings. The van der Waals surface area contributed by atoms with Crippen molar-refractivity contribution in [1.82, 2.24) is 0 Å². The topological polar surface area (TPSA) is 20.2 Å². The van der Waals surface area contributed by atoms with Gasteiger partial charge in [-0.15, -0.1) is 11.6 Å². The summed E-state index contributed by atoms with van der Waals surface area (Å²) in [7, 11) is 0. The van der Waals surface area contributed by atoms with Crippen LogP contribution in [0.3, 0.4) is 0 Å². The number of alkyl halides is 1. The van der Waals surface area contributed by atoms with Gasteiger partial charge >= 0.3 is 0 Å². The maximum absolute atomic E-state index is 9.72. The average Bonchev–Trinajstić information content (AvgIpc) is 2.33. The molecule has 64 valence electrons. The van der Waals surface area contributed by atoms with Crippen LogP contribution in [0.2, 0.25) is 0 Å². The molecule has 2 aliphatic rings. The maximum Gasteiger partial charge on any atom is 0.0617 e. The summed E-state index contributed by atoms with van der Waals surface area (Å²) < 4.78 is 0. The summed E-state index contributed by atoms with van der Waals surface area (Å²) in [6.45, 7) is 6.41. The van der Waals surface area contributed by atoms with E-state index in [1.807, 2.05) is 0 Å². The third kappa shape index (κ3) is 0.631. The van der Waals surface area contributed by atoms with Crippen LogP contribution in [0.1, 0.15) is 33.6 Å². The lowest BCUT2D eigenvalue weighted by Crippen LogP contribution is -2.23. The minimum atomic E-state index is -0.185. The molecular weight excluding hydrogens is 160 g/mol. The highest BCUT2D eigenvalue weighted by atomic mass is 35.5.